The molecule has 2 heterocycles. The van der Waals surface area contributed by atoms with Crippen molar-refractivity contribution in [2.45, 2.75) is 17.5 Å². The molecule has 2 N–H and O–H groups in total. The molecule has 1 aromatic heterocycles. The first kappa shape index (κ1) is 18.1. The number of methoxy groups -OCH3 is 1. The normalized spacial score (nSPS) is 15.9. The number of phenolic OH excluding ortho intramolecular Hbond substituents is 1. The second kappa shape index (κ2) is 7.25. The SMILES string of the molecule is C=CCSc1nc(=O)c2c(n1C)NC(=O)CC2c1ccc(O)cc1OC. The highest BCUT2D eigenvalue weighted by Gasteiger charge is 2.33. The van der Waals surface area contributed by atoms with Crippen molar-refractivity contribution in [1.29, 1.82) is 0 Å². The number of benzene rings is 1. The largest absolute Gasteiger partial charge is 0.508 e. The van der Waals surface area contributed by atoms with Crippen LogP contribution in [-0.4, -0.2) is 33.4 Å². The number of aromatic nitrogens is 2. The molecule has 8 heteroatoms. The summed E-state index contributed by atoms with van der Waals surface area (Å²) in [5.41, 5.74) is 0.690. The van der Waals surface area contributed by atoms with Gasteiger partial charge < -0.3 is 19.7 Å². The van der Waals surface area contributed by atoms with Gasteiger partial charge in [-0.2, -0.15) is 4.98 Å². The number of amides is 1. The Bertz CT molecular complexity index is 939. The fourth-order valence-corrected chi connectivity index (χ4v) is 3.75. The minimum Gasteiger partial charge on any atom is -0.508 e. The van der Waals surface area contributed by atoms with Crippen LogP contribution in [0.1, 0.15) is 23.5 Å². The van der Waals surface area contributed by atoms with E-state index in [0.717, 1.165) is 0 Å². The number of thioether (sulfide) groups is 1. The molecule has 1 aromatic carbocycles. The molecule has 7 nitrogen and oxygen atoms in total. The molecule has 1 amide bonds. The molecule has 0 spiro atoms. The van der Waals surface area contributed by atoms with E-state index in [1.807, 2.05) is 0 Å². The summed E-state index contributed by atoms with van der Waals surface area (Å²) in [6.45, 7) is 3.67. The van der Waals surface area contributed by atoms with E-state index >= 15 is 0 Å². The van der Waals surface area contributed by atoms with Crippen LogP contribution in [0.4, 0.5) is 5.82 Å². The molecule has 1 aliphatic heterocycles. The van der Waals surface area contributed by atoms with Gasteiger partial charge in [0.15, 0.2) is 5.16 Å². The molecule has 26 heavy (non-hydrogen) atoms. The zero-order valence-electron chi connectivity index (χ0n) is 14.5. The molecule has 0 aliphatic carbocycles. The minimum absolute atomic E-state index is 0.0493. The van der Waals surface area contributed by atoms with Crippen LogP contribution in [0.25, 0.3) is 0 Å². The van der Waals surface area contributed by atoms with Crippen molar-refractivity contribution in [2.24, 2.45) is 7.05 Å². The van der Waals surface area contributed by atoms with E-state index in [1.54, 1.807) is 23.8 Å². The second-order valence-corrected chi connectivity index (χ2v) is 6.84. The lowest BCUT2D eigenvalue weighted by atomic mass is 9.86. The molecule has 1 atom stereocenters. The van der Waals surface area contributed by atoms with Gasteiger partial charge in [-0.15, -0.1) is 6.58 Å². The number of carbonyl (C=O) groups excluding carboxylic acids is 1. The molecule has 0 fully saturated rings. The van der Waals surface area contributed by atoms with Crippen LogP contribution in [-0.2, 0) is 11.8 Å². The maximum atomic E-state index is 12.8. The lowest BCUT2D eigenvalue weighted by molar-refractivity contribution is -0.116. The third-order valence-electron chi connectivity index (χ3n) is 4.22. The molecule has 0 radical (unpaired) electrons. The lowest BCUT2D eigenvalue weighted by Gasteiger charge is -2.28. The number of aromatic hydroxyl groups is 1. The van der Waals surface area contributed by atoms with Crippen molar-refractivity contribution in [2.75, 3.05) is 18.2 Å². The Hall–Kier alpha value is -2.74. The second-order valence-electron chi connectivity index (χ2n) is 5.85. The van der Waals surface area contributed by atoms with Gasteiger partial charge in [-0.05, 0) is 6.07 Å². The van der Waals surface area contributed by atoms with Crippen molar-refractivity contribution >= 4 is 23.5 Å². The monoisotopic (exact) mass is 373 g/mol. The Morgan fingerprint density at radius 1 is 1.50 bits per heavy atom. The van der Waals surface area contributed by atoms with Crippen LogP contribution < -0.4 is 15.6 Å². The van der Waals surface area contributed by atoms with Gasteiger partial charge in [-0.1, -0.05) is 23.9 Å². The standard InChI is InChI=1S/C18H19N3O4S/c1-4-7-26-18-20-17(24)15-12(9-14(23)19-16(15)21(18)2)11-6-5-10(22)8-13(11)25-3/h4-6,8,12,22H,1,7,9H2,2-3H3,(H,19,23). The van der Waals surface area contributed by atoms with Crippen LogP contribution in [0, 0.1) is 0 Å². The molecular formula is C18H19N3O4S. The molecule has 0 saturated heterocycles. The topological polar surface area (TPSA) is 93.5 Å². The first-order valence-electron chi connectivity index (χ1n) is 7.97. The van der Waals surface area contributed by atoms with Gasteiger partial charge >= 0.3 is 0 Å². The lowest BCUT2D eigenvalue weighted by Crippen LogP contribution is -2.33. The highest BCUT2D eigenvalue weighted by Crippen LogP contribution is 2.40. The maximum Gasteiger partial charge on any atom is 0.279 e. The molecule has 1 aliphatic rings. The Kier molecular flexibility index (Phi) is 5.03. The van der Waals surface area contributed by atoms with Crippen molar-refractivity contribution in [1.82, 2.24) is 9.55 Å². The van der Waals surface area contributed by atoms with E-state index in [0.29, 0.717) is 33.6 Å². The predicted octanol–water partition coefficient (Wildman–Crippen LogP) is 2.25. The van der Waals surface area contributed by atoms with Crippen LogP contribution in [0.3, 0.4) is 0 Å². The first-order valence-corrected chi connectivity index (χ1v) is 8.96. The predicted molar refractivity (Wildman–Crippen MR) is 100 cm³/mol. The highest BCUT2D eigenvalue weighted by atomic mass is 32.2. The average Bonchev–Trinajstić information content (AvgIpc) is 2.62. The van der Waals surface area contributed by atoms with Gasteiger partial charge in [0.2, 0.25) is 5.91 Å². The molecule has 3 rings (SSSR count). The summed E-state index contributed by atoms with van der Waals surface area (Å²) >= 11 is 1.37. The summed E-state index contributed by atoms with van der Waals surface area (Å²) in [5.74, 6) is 0.809. The van der Waals surface area contributed by atoms with Gasteiger partial charge in [-0.25, -0.2) is 0 Å². The molecule has 136 valence electrons. The van der Waals surface area contributed by atoms with Crippen LogP contribution >= 0.6 is 11.8 Å². The third-order valence-corrected chi connectivity index (χ3v) is 5.25. The minimum atomic E-state index is -0.501. The smallest absolute Gasteiger partial charge is 0.279 e. The van der Waals surface area contributed by atoms with E-state index in [4.69, 9.17) is 4.74 Å². The Balaban J connectivity index is 2.19. The highest BCUT2D eigenvalue weighted by molar-refractivity contribution is 7.99. The summed E-state index contributed by atoms with van der Waals surface area (Å²) in [7, 11) is 3.24. The van der Waals surface area contributed by atoms with E-state index in [1.165, 1.54) is 31.0 Å². The van der Waals surface area contributed by atoms with Crippen molar-refractivity contribution in [3.05, 3.63) is 52.3 Å². The number of ether oxygens (including phenoxy) is 1. The van der Waals surface area contributed by atoms with E-state index in [2.05, 4.69) is 16.9 Å². The van der Waals surface area contributed by atoms with Gasteiger partial charge in [-0.3, -0.25) is 9.59 Å². The van der Waals surface area contributed by atoms with E-state index in [-0.39, 0.29) is 23.6 Å². The van der Waals surface area contributed by atoms with Crippen molar-refractivity contribution < 1.29 is 14.6 Å². The number of anilines is 1. The first-order chi connectivity index (χ1) is 12.5. The Morgan fingerprint density at radius 3 is 2.96 bits per heavy atom. The third kappa shape index (κ3) is 3.20. The molecule has 0 bridgehead atoms. The fraction of sp³-hybridized carbons (Fsp3) is 0.278. The van der Waals surface area contributed by atoms with Crippen molar-refractivity contribution in [3.8, 4) is 11.5 Å². The number of hydrogen-bond acceptors (Lipinski definition) is 6. The summed E-state index contributed by atoms with van der Waals surface area (Å²) in [6.07, 6.45) is 1.82. The number of nitrogens with one attached hydrogen (secondary N) is 1. The van der Waals surface area contributed by atoms with Crippen LogP contribution in [0.5, 0.6) is 11.5 Å². The Morgan fingerprint density at radius 2 is 2.27 bits per heavy atom. The number of fused-ring (bicyclic) bond motifs is 1. The summed E-state index contributed by atoms with van der Waals surface area (Å²) in [5, 5.41) is 13.0. The molecular weight excluding hydrogens is 354 g/mol. The van der Waals surface area contributed by atoms with E-state index in [9.17, 15) is 14.7 Å². The van der Waals surface area contributed by atoms with Crippen LogP contribution in [0.15, 0.2) is 40.8 Å². The fourth-order valence-electron chi connectivity index (χ4n) is 3.05. The number of carbonyl (C=O) groups is 1. The zero-order valence-corrected chi connectivity index (χ0v) is 15.3. The van der Waals surface area contributed by atoms with Gasteiger partial charge in [0.25, 0.3) is 5.56 Å². The number of phenols is 1. The van der Waals surface area contributed by atoms with Gasteiger partial charge in [0, 0.05) is 36.8 Å². The molecule has 2 aromatic rings. The van der Waals surface area contributed by atoms with Crippen LogP contribution in [0.2, 0.25) is 0 Å². The molecule has 0 saturated carbocycles. The number of rotatable bonds is 5. The van der Waals surface area contributed by atoms with Gasteiger partial charge in [0.05, 0.1) is 12.7 Å². The summed E-state index contributed by atoms with van der Waals surface area (Å²) in [6, 6.07) is 4.64. The Labute approximate surface area is 154 Å². The maximum absolute atomic E-state index is 12.8. The number of hydrogen-bond donors (Lipinski definition) is 2. The van der Waals surface area contributed by atoms with Crippen molar-refractivity contribution in [3.63, 3.8) is 0 Å². The summed E-state index contributed by atoms with van der Waals surface area (Å²) in [4.78, 5) is 29.2. The average molecular weight is 373 g/mol. The zero-order chi connectivity index (χ0) is 18.8. The molecule has 1 unspecified atom stereocenters. The summed E-state index contributed by atoms with van der Waals surface area (Å²) < 4.78 is 7.05. The number of nitrogens with zero attached hydrogens (tertiary/aromatic N) is 2. The quantitative estimate of drug-likeness (QED) is 0.474. The van der Waals surface area contributed by atoms with Gasteiger partial charge in [0.1, 0.15) is 17.3 Å². The van der Waals surface area contributed by atoms with E-state index < -0.39 is 5.92 Å².